The molecule has 3 nitrogen and oxygen atoms in total. The molecule has 2 N–H and O–H groups in total. The lowest BCUT2D eigenvalue weighted by atomic mass is 9.90. The monoisotopic (exact) mass is 385 g/mol. The quantitative estimate of drug-likeness (QED) is 0.798. The van der Waals surface area contributed by atoms with Crippen LogP contribution in [0.4, 0.5) is 27.8 Å². The SMILES string of the molecule is NCc1ccc(C(F)(F)F)nc1N1CCC(Cc2cc(F)cc(F)c2)CC1. The minimum Gasteiger partial charge on any atom is -0.356 e. The summed E-state index contributed by atoms with van der Waals surface area (Å²) >= 11 is 0. The smallest absolute Gasteiger partial charge is 0.356 e. The molecule has 1 aliphatic rings. The summed E-state index contributed by atoms with van der Waals surface area (Å²) in [7, 11) is 0. The van der Waals surface area contributed by atoms with Crippen molar-refractivity contribution in [3.63, 3.8) is 0 Å². The van der Waals surface area contributed by atoms with Crippen LogP contribution in [-0.4, -0.2) is 18.1 Å². The molecule has 0 unspecified atom stereocenters. The average Bonchev–Trinajstić information content (AvgIpc) is 2.60. The molecular weight excluding hydrogens is 365 g/mol. The van der Waals surface area contributed by atoms with Crippen LogP contribution in [0.2, 0.25) is 0 Å². The minimum absolute atomic E-state index is 0.100. The van der Waals surface area contributed by atoms with Crippen molar-refractivity contribution in [3.05, 3.63) is 58.8 Å². The third-order valence-electron chi connectivity index (χ3n) is 4.83. The molecule has 2 aromatic rings. The lowest BCUT2D eigenvalue weighted by molar-refractivity contribution is -0.141. The van der Waals surface area contributed by atoms with Crippen molar-refractivity contribution < 1.29 is 22.0 Å². The van der Waals surface area contributed by atoms with Gasteiger partial charge < -0.3 is 10.6 Å². The molecule has 0 saturated carbocycles. The molecule has 1 aromatic heterocycles. The number of nitrogens with zero attached hydrogens (tertiary/aromatic N) is 2. The first-order chi connectivity index (χ1) is 12.8. The first-order valence-corrected chi connectivity index (χ1v) is 8.73. The average molecular weight is 385 g/mol. The summed E-state index contributed by atoms with van der Waals surface area (Å²) in [6.45, 7) is 1.14. The molecule has 0 atom stereocenters. The van der Waals surface area contributed by atoms with E-state index >= 15 is 0 Å². The van der Waals surface area contributed by atoms with E-state index in [-0.39, 0.29) is 18.3 Å². The zero-order chi connectivity index (χ0) is 19.6. The summed E-state index contributed by atoms with van der Waals surface area (Å²) in [5.74, 6) is -0.747. The van der Waals surface area contributed by atoms with Crippen molar-refractivity contribution in [1.29, 1.82) is 0 Å². The highest BCUT2D eigenvalue weighted by atomic mass is 19.4. The van der Waals surface area contributed by atoms with E-state index in [2.05, 4.69) is 4.98 Å². The summed E-state index contributed by atoms with van der Waals surface area (Å²) < 4.78 is 65.5. The maximum absolute atomic E-state index is 13.3. The van der Waals surface area contributed by atoms with Gasteiger partial charge in [-0.25, -0.2) is 13.8 Å². The van der Waals surface area contributed by atoms with Crippen LogP contribution in [0.1, 0.15) is 29.7 Å². The van der Waals surface area contributed by atoms with Crippen molar-refractivity contribution in [3.8, 4) is 0 Å². The topological polar surface area (TPSA) is 42.1 Å². The summed E-state index contributed by atoms with van der Waals surface area (Å²) in [6, 6.07) is 5.77. The van der Waals surface area contributed by atoms with E-state index in [1.165, 1.54) is 18.2 Å². The number of piperidine rings is 1. The molecule has 1 fully saturated rings. The first kappa shape index (κ1) is 19.5. The second-order valence-electron chi connectivity index (χ2n) is 6.79. The molecule has 0 aliphatic carbocycles. The van der Waals surface area contributed by atoms with Crippen LogP contribution in [0.25, 0.3) is 0 Å². The molecule has 0 amide bonds. The fourth-order valence-electron chi connectivity index (χ4n) is 3.48. The lowest BCUT2D eigenvalue weighted by Crippen LogP contribution is -2.36. The number of anilines is 1. The molecule has 0 spiro atoms. The van der Waals surface area contributed by atoms with Crippen molar-refractivity contribution >= 4 is 5.82 Å². The maximum Gasteiger partial charge on any atom is 0.433 e. The Labute approximate surface area is 154 Å². The number of alkyl halides is 3. The number of pyridine rings is 1. The summed E-state index contributed by atoms with van der Waals surface area (Å²) in [5, 5.41) is 0. The van der Waals surface area contributed by atoms with Gasteiger partial charge in [-0.3, -0.25) is 0 Å². The van der Waals surface area contributed by atoms with E-state index in [0.717, 1.165) is 12.1 Å². The first-order valence-electron chi connectivity index (χ1n) is 8.73. The van der Waals surface area contributed by atoms with Gasteiger partial charge in [-0.05, 0) is 48.9 Å². The molecule has 3 rings (SSSR count). The Bertz CT molecular complexity index is 778. The van der Waals surface area contributed by atoms with Crippen LogP contribution in [0, 0.1) is 17.6 Å². The number of halogens is 5. The highest BCUT2D eigenvalue weighted by Crippen LogP contribution is 2.32. The third kappa shape index (κ3) is 4.74. The molecule has 0 bridgehead atoms. The molecule has 0 radical (unpaired) electrons. The largest absolute Gasteiger partial charge is 0.433 e. The molecule has 2 heterocycles. The van der Waals surface area contributed by atoms with Gasteiger partial charge in [0.15, 0.2) is 0 Å². The zero-order valence-corrected chi connectivity index (χ0v) is 14.6. The van der Waals surface area contributed by atoms with Crippen molar-refractivity contribution in [1.82, 2.24) is 4.98 Å². The Balaban J connectivity index is 1.70. The van der Waals surface area contributed by atoms with Crippen molar-refractivity contribution in [2.75, 3.05) is 18.0 Å². The van der Waals surface area contributed by atoms with E-state index in [4.69, 9.17) is 5.73 Å². The predicted molar refractivity (Wildman–Crippen MR) is 92.1 cm³/mol. The Morgan fingerprint density at radius 3 is 2.22 bits per heavy atom. The van der Waals surface area contributed by atoms with Gasteiger partial charge in [-0.1, -0.05) is 6.07 Å². The predicted octanol–water partition coefficient (Wildman–Crippen LogP) is 4.30. The number of nitrogens with two attached hydrogens (primary N) is 1. The van der Waals surface area contributed by atoms with Gasteiger partial charge in [0.05, 0.1) is 0 Å². The fourth-order valence-corrected chi connectivity index (χ4v) is 3.48. The van der Waals surface area contributed by atoms with Crippen molar-refractivity contribution in [2.24, 2.45) is 11.7 Å². The fraction of sp³-hybridized carbons (Fsp3) is 0.421. The van der Waals surface area contributed by atoms with E-state index in [1.807, 2.05) is 0 Å². The molecule has 1 aliphatic heterocycles. The highest BCUT2D eigenvalue weighted by Gasteiger charge is 2.34. The molecule has 1 aromatic carbocycles. The number of hydrogen-bond donors (Lipinski definition) is 1. The van der Waals surface area contributed by atoms with E-state index in [9.17, 15) is 22.0 Å². The van der Waals surface area contributed by atoms with Gasteiger partial charge in [-0.15, -0.1) is 0 Å². The van der Waals surface area contributed by atoms with Gasteiger partial charge >= 0.3 is 6.18 Å². The van der Waals surface area contributed by atoms with E-state index in [1.54, 1.807) is 4.90 Å². The third-order valence-corrected chi connectivity index (χ3v) is 4.83. The zero-order valence-electron chi connectivity index (χ0n) is 14.6. The second-order valence-corrected chi connectivity index (χ2v) is 6.79. The summed E-state index contributed by atoms with van der Waals surface area (Å²) in [6.07, 6.45) is -2.59. The van der Waals surface area contributed by atoms with Crippen LogP contribution in [0.3, 0.4) is 0 Å². The van der Waals surface area contributed by atoms with Crippen LogP contribution in [0.5, 0.6) is 0 Å². The molecule has 27 heavy (non-hydrogen) atoms. The number of benzene rings is 1. The van der Waals surface area contributed by atoms with Crippen LogP contribution >= 0.6 is 0 Å². The van der Waals surface area contributed by atoms with Gasteiger partial charge in [0.1, 0.15) is 23.1 Å². The lowest BCUT2D eigenvalue weighted by Gasteiger charge is -2.34. The van der Waals surface area contributed by atoms with Crippen LogP contribution < -0.4 is 10.6 Å². The minimum atomic E-state index is -4.51. The molecular formula is C19H20F5N3. The van der Waals surface area contributed by atoms with Gasteiger partial charge in [0.2, 0.25) is 0 Å². The summed E-state index contributed by atoms with van der Waals surface area (Å²) in [4.78, 5) is 5.60. The standard InChI is InChI=1S/C19H20F5N3/c20-15-8-13(9-16(21)10-15)7-12-3-5-27(6-4-12)18-14(11-25)1-2-17(26-18)19(22,23)24/h1-2,8-10,12H,3-7,11,25H2. The maximum atomic E-state index is 13.3. The molecule has 146 valence electrons. The van der Waals surface area contributed by atoms with Gasteiger partial charge in [0, 0.05) is 31.3 Å². The van der Waals surface area contributed by atoms with Gasteiger partial charge in [0.25, 0.3) is 0 Å². The number of rotatable bonds is 4. The normalized spacial score (nSPS) is 16.0. The number of hydrogen-bond acceptors (Lipinski definition) is 3. The van der Waals surface area contributed by atoms with Crippen LogP contribution in [0.15, 0.2) is 30.3 Å². The van der Waals surface area contributed by atoms with Crippen molar-refractivity contribution in [2.45, 2.75) is 32.0 Å². The molecule has 8 heteroatoms. The van der Waals surface area contributed by atoms with E-state index < -0.39 is 23.5 Å². The highest BCUT2D eigenvalue weighted by molar-refractivity contribution is 5.48. The second kappa shape index (κ2) is 7.80. The Morgan fingerprint density at radius 2 is 1.67 bits per heavy atom. The van der Waals surface area contributed by atoms with E-state index in [0.29, 0.717) is 43.5 Å². The Hall–Kier alpha value is -2.22. The summed E-state index contributed by atoms with van der Waals surface area (Å²) in [5.41, 5.74) is 5.87. The van der Waals surface area contributed by atoms with Crippen LogP contribution in [-0.2, 0) is 19.1 Å². The number of aromatic nitrogens is 1. The Kier molecular flexibility index (Phi) is 5.64. The Morgan fingerprint density at radius 1 is 1.04 bits per heavy atom. The molecule has 1 saturated heterocycles. The van der Waals surface area contributed by atoms with Gasteiger partial charge in [-0.2, -0.15) is 13.2 Å².